The number of hydrogen-bond acceptors (Lipinski definition) is 3. The molecular weight excluding hydrogens is 275 g/mol. The van der Waals surface area contributed by atoms with E-state index >= 15 is 0 Å². The van der Waals surface area contributed by atoms with Gasteiger partial charge in [0.05, 0.1) is 18.4 Å². The highest BCUT2D eigenvalue weighted by Crippen LogP contribution is 2.25. The van der Waals surface area contributed by atoms with Crippen LogP contribution in [0.1, 0.15) is 10.4 Å². The first-order valence-electron chi connectivity index (χ1n) is 6.14. The monoisotopic (exact) mass is 286 g/mol. The van der Waals surface area contributed by atoms with Crippen molar-refractivity contribution in [2.75, 3.05) is 7.11 Å². The Morgan fingerprint density at radius 3 is 2.86 bits per heavy atom. The van der Waals surface area contributed by atoms with Gasteiger partial charge in [-0.3, -0.25) is 0 Å². The summed E-state index contributed by atoms with van der Waals surface area (Å²) in [7, 11) is 1.45. The highest BCUT2D eigenvalue weighted by molar-refractivity contribution is 6.02. The molecule has 0 saturated carbocycles. The Balaban J connectivity index is 2.24. The molecule has 5 nitrogen and oxygen atoms in total. The Kier molecular flexibility index (Phi) is 3.06. The molecule has 21 heavy (non-hydrogen) atoms. The lowest BCUT2D eigenvalue weighted by Crippen LogP contribution is -2.00. The molecule has 3 aromatic rings. The van der Waals surface area contributed by atoms with Crippen molar-refractivity contribution in [3.05, 3.63) is 54.1 Å². The number of rotatable bonds is 3. The molecule has 2 heterocycles. The number of pyridine rings is 1. The first-order chi connectivity index (χ1) is 10.1. The SMILES string of the molecule is COc1cc(F)cc(-n2ccc3c(C(=O)O)ccnc32)c1. The topological polar surface area (TPSA) is 64.3 Å². The van der Waals surface area contributed by atoms with Gasteiger partial charge in [0.1, 0.15) is 17.2 Å². The quantitative estimate of drug-likeness (QED) is 0.804. The zero-order valence-corrected chi connectivity index (χ0v) is 11.1. The normalized spacial score (nSPS) is 10.8. The van der Waals surface area contributed by atoms with Gasteiger partial charge in [0.2, 0.25) is 0 Å². The Labute approximate surface area is 119 Å². The Hall–Kier alpha value is -2.89. The number of hydrogen-bond donors (Lipinski definition) is 1. The van der Waals surface area contributed by atoms with Crippen molar-refractivity contribution in [1.82, 2.24) is 9.55 Å². The van der Waals surface area contributed by atoms with Crippen molar-refractivity contribution in [3.63, 3.8) is 0 Å². The molecule has 0 radical (unpaired) electrons. The number of aromatic nitrogens is 2. The van der Waals surface area contributed by atoms with Crippen LogP contribution in [0.4, 0.5) is 4.39 Å². The maximum absolute atomic E-state index is 13.6. The minimum atomic E-state index is -1.03. The third-order valence-corrected chi connectivity index (χ3v) is 3.19. The van der Waals surface area contributed by atoms with E-state index in [1.165, 1.54) is 31.5 Å². The molecule has 3 rings (SSSR count). The first kappa shape index (κ1) is 13.1. The third-order valence-electron chi connectivity index (χ3n) is 3.19. The number of ether oxygens (including phenoxy) is 1. The summed E-state index contributed by atoms with van der Waals surface area (Å²) < 4.78 is 20.3. The van der Waals surface area contributed by atoms with E-state index in [4.69, 9.17) is 4.74 Å². The minimum Gasteiger partial charge on any atom is -0.497 e. The molecular formula is C15H11FN2O3. The van der Waals surface area contributed by atoms with E-state index < -0.39 is 11.8 Å². The van der Waals surface area contributed by atoms with E-state index in [1.54, 1.807) is 22.9 Å². The maximum Gasteiger partial charge on any atom is 0.336 e. The number of carboxylic acid groups (broad SMARTS) is 1. The second-order valence-corrected chi connectivity index (χ2v) is 4.44. The summed E-state index contributed by atoms with van der Waals surface area (Å²) >= 11 is 0. The summed E-state index contributed by atoms with van der Waals surface area (Å²) in [5.74, 6) is -1.10. The minimum absolute atomic E-state index is 0.155. The zero-order valence-electron chi connectivity index (χ0n) is 11.1. The van der Waals surface area contributed by atoms with Gasteiger partial charge in [-0.05, 0) is 18.2 Å². The van der Waals surface area contributed by atoms with Crippen LogP contribution < -0.4 is 4.74 Å². The van der Waals surface area contributed by atoms with Gasteiger partial charge in [0, 0.05) is 29.9 Å². The van der Waals surface area contributed by atoms with Crippen molar-refractivity contribution >= 4 is 17.0 Å². The Morgan fingerprint density at radius 1 is 1.33 bits per heavy atom. The van der Waals surface area contributed by atoms with Crippen molar-refractivity contribution in [2.24, 2.45) is 0 Å². The van der Waals surface area contributed by atoms with Gasteiger partial charge in [-0.15, -0.1) is 0 Å². The fraction of sp³-hybridized carbons (Fsp3) is 0.0667. The number of carbonyl (C=O) groups is 1. The van der Waals surface area contributed by atoms with E-state index in [2.05, 4.69) is 4.98 Å². The lowest BCUT2D eigenvalue weighted by molar-refractivity contribution is 0.0699. The van der Waals surface area contributed by atoms with Crippen LogP contribution in [0.15, 0.2) is 42.7 Å². The lowest BCUT2D eigenvalue weighted by atomic mass is 10.2. The van der Waals surface area contributed by atoms with Crippen LogP contribution in [0.5, 0.6) is 5.75 Å². The highest BCUT2D eigenvalue weighted by Gasteiger charge is 2.13. The first-order valence-corrected chi connectivity index (χ1v) is 6.14. The van der Waals surface area contributed by atoms with Crippen LogP contribution in [0.3, 0.4) is 0 Å². The average molecular weight is 286 g/mol. The molecule has 0 atom stereocenters. The van der Waals surface area contributed by atoms with E-state index in [0.29, 0.717) is 22.5 Å². The molecule has 0 saturated heterocycles. The third kappa shape index (κ3) is 2.20. The number of aromatic carboxylic acids is 1. The summed E-state index contributed by atoms with van der Waals surface area (Å²) in [6.07, 6.45) is 3.07. The zero-order chi connectivity index (χ0) is 15.0. The fourth-order valence-corrected chi connectivity index (χ4v) is 2.24. The van der Waals surface area contributed by atoms with Gasteiger partial charge < -0.3 is 14.4 Å². The molecule has 0 fully saturated rings. The summed E-state index contributed by atoms with van der Waals surface area (Å²) in [6, 6.07) is 7.32. The molecule has 2 aromatic heterocycles. The second kappa shape index (κ2) is 4.90. The van der Waals surface area contributed by atoms with Crippen LogP contribution >= 0.6 is 0 Å². The van der Waals surface area contributed by atoms with Gasteiger partial charge >= 0.3 is 5.97 Å². The number of carboxylic acids is 1. The van der Waals surface area contributed by atoms with E-state index in [0.717, 1.165) is 0 Å². The second-order valence-electron chi connectivity index (χ2n) is 4.44. The van der Waals surface area contributed by atoms with Crippen molar-refractivity contribution in [1.29, 1.82) is 0 Å². The molecule has 6 heteroatoms. The Bertz CT molecular complexity index is 842. The lowest BCUT2D eigenvalue weighted by Gasteiger charge is -2.08. The summed E-state index contributed by atoms with van der Waals surface area (Å²) in [5.41, 5.74) is 1.11. The smallest absolute Gasteiger partial charge is 0.336 e. The molecule has 0 aliphatic heterocycles. The highest BCUT2D eigenvalue weighted by atomic mass is 19.1. The molecule has 0 bridgehead atoms. The van der Waals surface area contributed by atoms with Gasteiger partial charge in [-0.25, -0.2) is 14.2 Å². The van der Waals surface area contributed by atoms with Crippen molar-refractivity contribution in [2.45, 2.75) is 0 Å². The predicted molar refractivity (Wildman–Crippen MR) is 74.5 cm³/mol. The van der Waals surface area contributed by atoms with Crippen molar-refractivity contribution in [3.8, 4) is 11.4 Å². The maximum atomic E-state index is 13.6. The molecule has 1 N–H and O–H groups in total. The van der Waals surface area contributed by atoms with Crippen LogP contribution in [-0.4, -0.2) is 27.7 Å². The van der Waals surface area contributed by atoms with E-state index in [1.807, 2.05) is 0 Å². The van der Waals surface area contributed by atoms with Gasteiger partial charge in [-0.2, -0.15) is 0 Å². The van der Waals surface area contributed by atoms with Crippen LogP contribution in [0, 0.1) is 5.82 Å². The standard InChI is InChI=1S/C15H11FN2O3/c1-21-11-7-9(16)6-10(8-11)18-5-3-12-13(15(19)20)2-4-17-14(12)18/h2-8H,1H3,(H,19,20). The summed E-state index contributed by atoms with van der Waals surface area (Å²) in [6.45, 7) is 0. The predicted octanol–water partition coefficient (Wildman–Crippen LogP) is 2.87. The molecule has 0 amide bonds. The number of fused-ring (bicyclic) bond motifs is 1. The number of methoxy groups -OCH3 is 1. The van der Waals surface area contributed by atoms with Gasteiger partial charge in [-0.1, -0.05) is 0 Å². The summed E-state index contributed by atoms with van der Waals surface area (Å²) in [5, 5.41) is 9.67. The van der Waals surface area contributed by atoms with E-state index in [-0.39, 0.29) is 5.56 Å². The number of halogens is 1. The summed E-state index contributed by atoms with van der Waals surface area (Å²) in [4.78, 5) is 15.4. The number of benzene rings is 1. The van der Waals surface area contributed by atoms with E-state index in [9.17, 15) is 14.3 Å². The van der Waals surface area contributed by atoms with Gasteiger partial charge in [0.25, 0.3) is 0 Å². The van der Waals surface area contributed by atoms with Crippen LogP contribution in [0.2, 0.25) is 0 Å². The molecule has 0 aliphatic carbocycles. The fourth-order valence-electron chi connectivity index (χ4n) is 2.24. The Morgan fingerprint density at radius 2 is 2.14 bits per heavy atom. The van der Waals surface area contributed by atoms with Crippen LogP contribution in [0.25, 0.3) is 16.7 Å². The molecule has 0 unspecified atom stereocenters. The largest absolute Gasteiger partial charge is 0.497 e. The average Bonchev–Trinajstić information content (AvgIpc) is 2.90. The molecule has 106 valence electrons. The molecule has 0 aliphatic rings. The number of nitrogens with zero attached hydrogens (tertiary/aromatic N) is 2. The molecule has 0 spiro atoms. The van der Waals surface area contributed by atoms with Crippen LogP contribution in [-0.2, 0) is 0 Å². The molecule has 1 aromatic carbocycles. The van der Waals surface area contributed by atoms with Gasteiger partial charge in [0.15, 0.2) is 0 Å². The van der Waals surface area contributed by atoms with Crippen molar-refractivity contribution < 1.29 is 19.0 Å².